The normalized spacial score (nSPS) is 19.0. The molecule has 1 atom stereocenters. The first-order valence-corrected chi connectivity index (χ1v) is 7.60. The number of hydrogen-bond donors (Lipinski definition) is 1. The molecule has 1 fully saturated rings. The van der Waals surface area contributed by atoms with Gasteiger partial charge in [0.15, 0.2) is 0 Å². The first kappa shape index (κ1) is 15.6. The van der Waals surface area contributed by atoms with Crippen molar-refractivity contribution in [2.75, 3.05) is 26.7 Å². The number of rotatable bonds is 5. The maximum atomic E-state index is 12.3. The number of para-hydroxylation sites is 1. The van der Waals surface area contributed by atoms with E-state index in [2.05, 4.69) is 5.32 Å². The van der Waals surface area contributed by atoms with Crippen LogP contribution in [-0.4, -0.2) is 43.6 Å². The van der Waals surface area contributed by atoms with Crippen LogP contribution in [0.3, 0.4) is 0 Å². The molecule has 0 aromatic heterocycles. The number of benzene rings is 1. The SMILES string of the molecule is CCOc1ccccc1C=CC(=O)N1CCCC(NC)C1. The summed E-state index contributed by atoms with van der Waals surface area (Å²) in [6.45, 7) is 4.20. The van der Waals surface area contributed by atoms with Gasteiger partial charge in [-0.3, -0.25) is 4.79 Å². The number of likely N-dealkylation sites (N-methyl/N-ethyl adjacent to an activating group) is 1. The molecule has 1 heterocycles. The van der Waals surface area contributed by atoms with Gasteiger partial charge in [0.05, 0.1) is 6.61 Å². The van der Waals surface area contributed by atoms with E-state index in [9.17, 15) is 4.79 Å². The highest BCUT2D eigenvalue weighted by Gasteiger charge is 2.20. The zero-order chi connectivity index (χ0) is 15.1. The van der Waals surface area contributed by atoms with E-state index in [1.165, 1.54) is 0 Å². The van der Waals surface area contributed by atoms with Crippen molar-refractivity contribution >= 4 is 12.0 Å². The molecule has 2 rings (SSSR count). The Kier molecular flexibility index (Phi) is 5.81. The second-order valence-corrected chi connectivity index (χ2v) is 5.22. The summed E-state index contributed by atoms with van der Waals surface area (Å²) in [5.41, 5.74) is 0.940. The molecule has 0 saturated carbocycles. The molecule has 0 radical (unpaired) electrons. The molecule has 1 N–H and O–H groups in total. The second kappa shape index (κ2) is 7.84. The quantitative estimate of drug-likeness (QED) is 0.845. The van der Waals surface area contributed by atoms with Gasteiger partial charge >= 0.3 is 0 Å². The lowest BCUT2D eigenvalue weighted by Crippen LogP contribution is -2.46. The van der Waals surface area contributed by atoms with Crippen LogP contribution in [0.2, 0.25) is 0 Å². The molecule has 1 aromatic carbocycles. The molecule has 0 aliphatic carbocycles. The first-order valence-electron chi connectivity index (χ1n) is 7.60. The smallest absolute Gasteiger partial charge is 0.246 e. The number of carbonyl (C=O) groups is 1. The van der Waals surface area contributed by atoms with Gasteiger partial charge in [-0.25, -0.2) is 0 Å². The van der Waals surface area contributed by atoms with Crippen molar-refractivity contribution in [2.45, 2.75) is 25.8 Å². The van der Waals surface area contributed by atoms with Crippen molar-refractivity contribution < 1.29 is 9.53 Å². The standard InChI is InChI=1S/C17H24N2O2/c1-3-21-16-9-5-4-7-14(16)10-11-17(20)19-12-6-8-15(13-19)18-2/h4-5,7,9-11,15,18H,3,6,8,12-13H2,1-2H3. The van der Waals surface area contributed by atoms with Crippen LogP contribution in [0.5, 0.6) is 5.75 Å². The fourth-order valence-corrected chi connectivity index (χ4v) is 2.58. The van der Waals surface area contributed by atoms with Gasteiger partial charge in [0.1, 0.15) is 5.75 Å². The Morgan fingerprint density at radius 1 is 1.48 bits per heavy atom. The van der Waals surface area contributed by atoms with Gasteiger partial charge in [0.2, 0.25) is 5.91 Å². The Hall–Kier alpha value is -1.81. The van der Waals surface area contributed by atoms with Gasteiger partial charge in [0, 0.05) is 30.8 Å². The highest BCUT2D eigenvalue weighted by Crippen LogP contribution is 2.19. The van der Waals surface area contributed by atoms with Crippen molar-refractivity contribution in [3.05, 3.63) is 35.9 Å². The molecule has 0 bridgehead atoms. The summed E-state index contributed by atoms with van der Waals surface area (Å²) < 4.78 is 5.56. The molecule has 1 aliphatic rings. The third-order valence-electron chi connectivity index (χ3n) is 3.77. The minimum Gasteiger partial charge on any atom is -0.493 e. The van der Waals surface area contributed by atoms with Crippen molar-refractivity contribution in [1.29, 1.82) is 0 Å². The highest BCUT2D eigenvalue weighted by molar-refractivity contribution is 5.92. The van der Waals surface area contributed by atoms with Crippen molar-refractivity contribution in [3.63, 3.8) is 0 Å². The van der Waals surface area contributed by atoms with Crippen molar-refractivity contribution in [1.82, 2.24) is 10.2 Å². The molecule has 1 unspecified atom stereocenters. The van der Waals surface area contributed by atoms with Crippen LogP contribution in [0.4, 0.5) is 0 Å². The molecular weight excluding hydrogens is 264 g/mol. The number of hydrogen-bond acceptors (Lipinski definition) is 3. The average molecular weight is 288 g/mol. The summed E-state index contributed by atoms with van der Waals surface area (Å²) in [5.74, 6) is 0.886. The van der Waals surface area contributed by atoms with Crippen LogP contribution in [0.15, 0.2) is 30.3 Å². The molecule has 4 nitrogen and oxygen atoms in total. The van der Waals surface area contributed by atoms with Crippen LogP contribution in [0, 0.1) is 0 Å². The number of carbonyl (C=O) groups excluding carboxylic acids is 1. The lowest BCUT2D eigenvalue weighted by molar-refractivity contribution is -0.127. The van der Waals surface area contributed by atoms with E-state index in [0.717, 1.165) is 37.2 Å². The number of piperidine rings is 1. The Labute approximate surface area is 126 Å². The molecule has 0 spiro atoms. The van der Waals surface area contributed by atoms with Crippen LogP contribution >= 0.6 is 0 Å². The molecule has 1 amide bonds. The maximum Gasteiger partial charge on any atom is 0.246 e. The van der Waals surface area contributed by atoms with Crippen LogP contribution in [0.25, 0.3) is 6.08 Å². The van der Waals surface area contributed by atoms with Crippen molar-refractivity contribution in [2.24, 2.45) is 0 Å². The third-order valence-corrected chi connectivity index (χ3v) is 3.77. The summed E-state index contributed by atoms with van der Waals surface area (Å²) in [5, 5.41) is 3.25. The number of amides is 1. The van der Waals surface area contributed by atoms with Gasteiger partial charge in [-0.05, 0) is 39.0 Å². The van der Waals surface area contributed by atoms with Crippen molar-refractivity contribution in [3.8, 4) is 5.75 Å². The summed E-state index contributed by atoms with van der Waals surface area (Å²) in [7, 11) is 1.95. The predicted molar refractivity (Wildman–Crippen MR) is 85.3 cm³/mol. The molecule has 114 valence electrons. The van der Waals surface area contributed by atoms with Gasteiger partial charge in [-0.1, -0.05) is 18.2 Å². The summed E-state index contributed by atoms with van der Waals surface area (Å²) in [6.07, 6.45) is 5.68. The lowest BCUT2D eigenvalue weighted by Gasteiger charge is -2.31. The summed E-state index contributed by atoms with van der Waals surface area (Å²) in [4.78, 5) is 14.2. The zero-order valence-electron chi connectivity index (χ0n) is 12.8. The highest BCUT2D eigenvalue weighted by atomic mass is 16.5. The Morgan fingerprint density at radius 2 is 2.29 bits per heavy atom. The molecule has 1 aromatic rings. The van der Waals surface area contributed by atoms with Gasteiger partial charge in [-0.2, -0.15) is 0 Å². The fourth-order valence-electron chi connectivity index (χ4n) is 2.58. The number of nitrogens with one attached hydrogen (secondary N) is 1. The van der Waals surface area contributed by atoms with E-state index in [1.807, 2.05) is 49.2 Å². The van der Waals surface area contributed by atoms with Gasteiger partial charge in [-0.15, -0.1) is 0 Å². The Morgan fingerprint density at radius 3 is 3.05 bits per heavy atom. The second-order valence-electron chi connectivity index (χ2n) is 5.22. The fraction of sp³-hybridized carbons (Fsp3) is 0.471. The number of ether oxygens (including phenoxy) is 1. The lowest BCUT2D eigenvalue weighted by atomic mass is 10.1. The minimum atomic E-state index is 0.0706. The summed E-state index contributed by atoms with van der Waals surface area (Å²) >= 11 is 0. The van der Waals surface area contributed by atoms with E-state index >= 15 is 0 Å². The minimum absolute atomic E-state index is 0.0706. The Balaban J connectivity index is 2.01. The summed E-state index contributed by atoms with van der Waals surface area (Å²) in [6, 6.07) is 8.18. The van der Waals surface area contributed by atoms with E-state index in [4.69, 9.17) is 4.74 Å². The van der Waals surface area contributed by atoms with Gasteiger partial charge in [0.25, 0.3) is 0 Å². The number of nitrogens with zero attached hydrogens (tertiary/aromatic N) is 1. The molecule has 21 heavy (non-hydrogen) atoms. The van der Waals surface area contributed by atoms with E-state index in [-0.39, 0.29) is 5.91 Å². The van der Waals surface area contributed by atoms with Gasteiger partial charge < -0.3 is 15.0 Å². The molecule has 1 saturated heterocycles. The van der Waals surface area contributed by atoms with E-state index < -0.39 is 0 Å². The molecule has 1 aliphatic heterocycles. The predicted octanol–water partition coefficient (Wildman–Crippen LogP) is 2.31. The number of likely N-dealkylation sites (tertiary alicyclic amines) is 1. The Bertz CT molecular complexity index is 499. The maximum absolute atomic E-state index is 12.3. The zero-order valence-corrected chi connectivity index (χ0v) is 12.8. The van der Waals surface area contributed by atoms with Crippen LogP contribution in [0.1, 0.15) is 25.3 Å². The van der Waals surface area contributed by atoms with Crippen LogP contribution in [-0.2, 0) is 4.79 Å². The average Bonchev–Trinajstić information content (AvgIpc) is 2.54. The van der Waals surface area contributed by atoms with E-state index in [0.29, 0.717) is 12.6 Å². The van der Waals surface area contributed by atoms with Crippen LogP contribution < -0.4 is 10.1 Å². The molecule has 4 heteroatoms. The largest absolute Gasteiger partial charge is 0.493 e. The molecular formula is C17H24N2O2. The first-order chi connectivity index (χ1) is 10.2. The third kappa shape index (κ3) is 4.33. The monoisotopic (exact) mass is 288 g/mol. The topological polar surface area (TPSA) is 41.6 Å². The van der Waals surface area contributed by atoms with E-state index in [1.54, 1.807) is 6.08 Å².